The highest BCUT2D eigenvalue weighted by atomic mass is 16.5. The molecule has 1 fully saturated rings. The van der Waals surface area contributed by atoms with Crippen LogP contribution in [-0.2, 0) is 13.1 Å². The maximum atomic E-state index is 5.47. The van der Waals surface area contributed by atoms with E-state index in [1.165, 1.54) is 11.3 Å². The molecule has 1 saturated heterocycles. The Kier molecular flexibility index (Phi) is 4.17. The maximum Gasteiger partial charge on any atom is 0.240 e. The molecule has 2 heterocycles. The van der Waals surface area contributed by atoms with E-state index < -0.39 is 0 Å². The predicted molar refractivity (Wildman–Crippen MR) is 80.9 cm³/mol. The summed E-state index contributed by atoms with van der Waals surface area (Å²) in [5, 5.41) is 3.95. The summed E-state index contributed by atoms with van der Waals surface area (Å²) in [6.45, 7) is 7.20. The van der Waals surface area contributed by atoms with E-state index in [4.69, 9.17) is 10.3 Å². The molecule has 0 bridgehead atoms. The molecule has 21 heavy (non-hydrogen) atoms. The molecule has 0 radical (unpaired) electrons. The summed E-state index contributed by atoms with van der Waals surface area (Å²) in [5.74, 6) is 1.22. The van der Waals surface area contributed by atoms with Gasteiger partial charge in [-0.25, -0.2) is 0 Å². The summed E-state index contributed by atoms with van der Waals surface area (Å²) in [5.41, 5.74) is 8.08. The first-order valence-electron chi connectivity index (χ1n) is 7.30. The quantitative estimate of drug-likeness (QED) is 0.910. The van der Waals surface area contributed by atoms with Crippen molar-refractivity contribution >= 4 is 5.69 Å². The van der Waals surface area contributed by atoms with Gasteiger partial charge < -0.3 is 15.2 Å². The third kappa shape index (κ3) is 3.40. The van der Waals surface area contributed by atoms with Crippen molar-refractivity contribution in [2.75, 3.05) is 31.1 Å². The van der Waals surface area contributed by atoms with Gasteiger partial charge in [0.15, 0.2) is 5.82 Å². The van der Waals surface area contributed by atoms with Crippen LogP contribution in [0.1, 0.15) is 17.3 Å². The first-order valence-corrected chi connectivity index (χ1v) is 7.30. The van der Waals surface area contributed by atoms with E-state index in [1.807, 2.05) is 0 Å². The highest BCUT2D eigenvalue weighted by Crippen LogP contribution is 2.18. The Morgan fingerprint density at radius 3 is 2.71 bits per heavy atom. The summed E-state index contributed by atoms with van der Waals surface area (Å²) >= 11 is 0. The summed E-state index contributed by atoms with van der Waals surface area (Å²) in [6, 6.07) is 8.66. The second kappa shape index (κ2) is 6.24. The number of rotatable bonds is 4. The second-order valence-corrected chi connectivity index (χ2v) is 5.41. The maximum absolute atomic E-state index is 5.47. The molecule has 6 nitrogen and oxygen atoms in total. The highest BCUT2D eigenvalue weighted by molar-refractivity contribution is 5.48. The molecule has 0 aliphatic carbocycles. The van der Waals surface area contributed by atoms with Crippen LogP contribution in [0.5, 0.6) is 0 Å². The standard InChI is InChI=1S/C15H21N5O/c1-12-3-2-4-13(9-12)20-7-5-19(6-8-20)11-14-17-15(10-16)21-18-14/h2-4,9H,5-8,10-11,16H2,1H3. The average Bonchev–Trinajstić information content (AvgIpc) is 2.96. The van der Waals surface area contributed by atoms with Gasteiger partial charge in [-0.2, -0.15) is 4.98 Å². The summed E-state index contributed by atoms with van der Waals surface area (Å²) in [7, 11) is 0. The number of aryl methyl sites for hydroxylation is 1. The molecule has 1 aromatic carbocycles. The van der Waals surface area contributed by atoms with Crippen molar-refractivity contribution in [3.05, 3.63) is 41.5 Å². The van der Waals surface area contributed by atoms with Crippen LogP contribution in [0, 0.1) is 6.92 Å². The number of nitrogens with two attached hydrogens (primary N) is 1. The van der Waals surface area contributed by atoms with E-state index in [1.54, 1.807) is 0 Å². The zero-order valence-electron chi connectivity index (χ0n) is 12.3. The summed E-state index contributed by atoms with van der Waals surface area (Å²) < 4.78 is 5.04. The molecule has 1 aliphatic rings. The van der Waals surface area contributed by atoms with Crippen molar-refractivity contribution in [2.24, 2.45) is 5.73 Å². The lowest BCUT2D eigenvalue weighted by Crippen LogP contribution is -2.46. The minimum Gasteiger partial charge on any atom is -0.369 e. The van der Waals surface area contributed by atoms with Crippen LogP contribution in [0.3, 0.4) is 0 Å². The minimum absolute atomic E-state index is 0.300. The van der Waals surface area contributed by atoms with E-state index in [9.17, 15) is 0 Å². The van der Waals surface area contributed by atoms with Crippen molar-refractivity contribution in [1.82, 2.24) is 15.0 Å². The van der Waals surface area contributed by atoms with Crippen molar-refractivity contribution in [3.63, 3.8) is 0 Å². The van der Waals surface area contributed by atoms with E-state index in [0.29, 0.717) is 12.4 Å². The first kappa shape index (κ1) is 14.0. The fraction of sp³-hybridized carbons (Fsp3) is 0.467. The number of piperazine rings is 1. The molecular formula is C15H21N5O. The van der Waals surface area contributed by atoms with Gasteiger partial charge in [-0.1, -0.05) is 17.3 Å². The molecule has 6 heteroatoms. The second-order valence-electron chi connectivity index (χ2n) is 5.41. The van der Waals surface area contributed by atoms with Crippen molar-refractivity contribution in [1.29, 1.82) is 0 Å². The van der Waals surface area contributed by atoms with Crippen LogP contribution in [0.25, 0.3) is 0 Å². The van der Waals surface area contributed by atoms with Gasteiger partial charge in [0.25, 0.3) is 0 Å². The van der Waals surface area contributed by atoms with Crippen molar-refractivity contribution in [3.8, 4) is 0 Å². The molecule has 112 valence electrons. The van der Waals surface area contributed by atoms with Crippen LogP contribution in [-0.4, -0.2) is 41.2 Å². The van der Waals surface area contributed by atoms with Crippen LogP contribution in [0.4, 0.5) is 5.69 Å². The Labute approximate surface area is 124 Å². The molecule has 2 aromatic rings. The van der Waals surface area contributed by atoms with Gasteiger partial charge in [-0.15, -0.1) is 0 Å². The summed E-state index contributed by atoms with van der Waals surface area (Å²) in [6.07, 6.45) is 0. The van der Waals surface area contributed by atoms with Gasteiger partial charge in [0.1, 0.15) is 0 Å². The Morgan fingerprint density at radius 2 is 2.05 bits per heavy atom. The molecular weight excluding hydrogens is 266 g/mol. The lowest BCUT2D eigenvalue weighted by Gasteiger charge is -2.35. The van der Waals surface area contributed by atoms with Crippen LogP contribution < -0.4 is 10.6 Å². The van der Waals surface area contributed by atoms with Gasteiger partial charge in [0, 0.05) is 31.9 Å². The topological polar surface area (TPSA) is 71.4 Å². The third-order valence-electron chi connectivity index (χ3n) is 3.79. The zero-order chi connectivity index (χ0) is 14.7. The van der Waals surface area contributed by atoms with Gasteiger partial charge >= 0.3 is 0 Å². The number of hydrogen-bond donors (Lipinski definition) is 1. The molecule has 0 unspecified atom stereocenters. The van der Waals surface area contributed by atoms with E-state index in [2.05, 4.69) is 51.1 Å². The number of aromatic nitrogens is 2. The number of nitrogens with zero attached hydrogens (tertiary/aromatic N) is 4. The zero-order valence-corrected chi connectivity index (χ0v) is 12.3. The van der Waals surface area contributed by atoms with Gasteiger partial charge in [0.05, 0.1) is 13.1 Å². The fourth-order valence-electron chi connectivity index (χ4n) is 2.63. The van der Waals surface area contributed by atoms with Crippen LogP contribution in [0.15, 0.2) is 28.8 Å². The predicted octanol–water partition coefficient (Wildman–Crippen LogP) is 1.16. The van der Waals surface area contributed by atoms with Gasteiger partial charge in [0.2, 0.25) is 5.89 Å². The molecule has 3 rings (SSSR count). The Balaban J connectivity index is 1.55. The van der Waals surface area contributed by atoms with Crippen molar-refractivity contribution in [2.45, 2.75) is 20.0 Å². The monoisotopic (exact) mass is 287 g/mol. The van der Waals surface area contributed by atoms with Gasteiger partial charge in [-0.05, 0) is 24.6 Å². The Hall–Kier alpha value is -1.92. The lowest BCUT2D eigenvalue weighted by atomic mass is 10.2. The first-order chi connectivity index (χ1) is 10.2. The van der Waals surface area contributed by atoms with E-state index in [-0.39, 0.29) is 0 Å². The molecule has 1 aromatic heterocycles. The third-order valence-corrected chi connectivity index (χ3v) is 3.79. The average molecular weight is 287 g/mol. The molecule has 0 atom stereocenters. The molecule has 0 amide bonds. The molecule has 0 spiro atoms. The molecule has 2 N–H and O–H groups in total. The Bertz CT molecular complexity index is 589. The largest absolute Gasteiger partial charge is 0.369 e. The SMILES string of the molecule is Cc1cccc(N2CCN(Cc3noc(CN)n3)CC2)c1. The smallest absolute Gasteiger partial charge is 0.240 e. The van der Waals surface area contributed by atoms with Gasteiger partial charge in [-0.3, -0.25) is 4.90 Å². The number of anilines is 1. The number of hydrogen-bond acceptors (Lipinski definition) is 6. The van der Waals surface area contributed by atoms with E-state index >= 15 is 0 Å². The molecule has 1 aliphatic heterocycles. The fourth-order valence-corrected chi connectivity index (χ4v) is 2.63. The van der Waals surface area contributed by atoms with Crippen LogP contribution >= 0.6 is 0 Å². The number of benzene rings is 1. The van der Waals surface area contributed by atoms with Crippen molar-refractivity contribution < 1.29 is 4.52 Å². The highest BCUT2D eigenvalue weighted by Gasteiger charge is 2.19. The van der Waals surface area contributed by atoms with E-state index in [0.717, 1.165) is 38.5 Å². The van der Waals surface area contributed by atoms with Crippen LogP contribution in [0.2, 0.25) is 0 Å². The normalized spacial score (nSPS) is 16.4. The lowest BCUT2D eigenvalue weighted by molar-refractivity contribution is 0.240. The molecule has 0 saturated carbocycles. The Morgan fingerprint density at radius 1 is 1.24 bits per heavy atom. The summed E-state index contributed by atoms with van der Waals surface area (Å²) in [4.78, 5) is 9.02. The minimum atomic E-state index is 0.300.